The Bertz CT molecular complexity index is 885. The molecule has 0 saturated carbocycles. The van der Waals surface area contributed by atoms with Gasteiger partial charge in [-0.05, 0) is 44.9 Å². The molecule has 1 aromatic carbocycles. The molecule has 0 aliphatic carbocycles. The molecular formula is C22H29N3O3S. The number of rotatable bonds is 6. The Kier molecular flexibility index (Phi) is 6.92. The number of hydrogen-bond acceptors (Lipinski definition) is 6. The first kappa shape index (κ1) is 21.3. The zero-order valence-corrected chi connectivity index (χ0v) is 18.4. The lowest BCUT2D eigenvalue weighted by Gasteiger charge is -2.36. The first-order valence-corrected chi connectivity index (χ1v) is 10.8. The van der Waals surface area contributed by atoms with Crippen molar-refractivity contribution in [2.24, 2.45) is 0 Å². The predicted octanol–water partition coefficient (Wildman–Crippen LogP) is 3.61. The smallest absolute Gasteiger partial charge is 0.341 e. The molecule has 3 rings (SSSR count). The van der Waals surface area contributed by atoms with Gasteiger partial charge in [0.25, 0.3) is 0 Å². The summed E-state index contributed by atoms with van der Waals surface area (Å²) in [7, 11) is 0. The number of aryl methyl sites for hydroxylation is 2. The van der Waals surface area contributed by atoms with Gasteiger partial charge in [0.05, 0.1) is 18.7 Å². The van der Waals surface area contributed by atoms with Gasteiger partial charge in [-0.15, -0.1) is 11.3 Å². The minimum atomic E-state index is -0.378. The lowest BCUT2D eigenvalue weighted by atomic mass is 10.1. The Morgan fingerprint density at radius 3 is 2.45 bits per heavy atom. The average Bonchev–Trinajstić information content (AvgIpc) is 2.96. The van der Waals surface area contributed by atoms with Crippen LogP contribution in [0.25, 0.3) is 0 Å². The van der Waals surface area contributed by atoms with Gasteiger partial charge in [0.2, 0.25) is 5.91 Å². The van der Waals surface area contributed by atoms with Gasteiger partial charge in [-0.3, -0.25) is 9.69 Å². The lowest BCUT2D eigenvalue weighted by molar-refractivity contribution is -0.117. The first-order chi connectivity index (χ1) is 13.9. The number of nitrogens with zero attached hydrogens (tertiary/aromatic N) is 2. The number of amides is 1. The van der Waals surface area contributed by atoms with Crippen molar-refractivity contribution in [3.05, 3.63) is 45.8 Å². The van der Waals surface area contributed by atoms with Crippen LogP contribution in [0.5, 0.6) is 0 Å². The highest BCUT2D eigenvalue weighted by Gasteiger charge is 2.24. The number of carbonyl (C=O) groups is 2. The van der Waals surface area contributed by atoms with Crippen LogP contribution in [0.1, 0.15) is 33.3 Å². The summed E-state index contributed by atoms with van der Waals surface area (Å²) in [5.74, 6) is -0.474. The number of carbonyl (C=O) groups excluding carboxylic acids is 2. The van der Waals surface area contributed by atoms with Crippen molar-refractivity contribution in [2.45, 2.75) is 27.7 Å². The normalized spacial score (nSPS) is 14.7. The maximum atomic E-state index is 12.6. The molecule has 1 aromatic heterocycles. The molecular weight excluding hydrogens is 386 g/mol. The van der Waals surface area contributed by atoms with Crippen molar-refractivity contribution in [3.63, 3.8) is 0 Å². The third-order valence-electron chi connectivity index (χ3n) is 5.31. The van der Waals surface area contributed by atoms with Crippen LogP contribution in [0, 0.1) is 20.8 Å². The predicted molar refractivity (Wildman–Crippen MR) is 118 cm³/mol. The van der Waals surface area contributed by atoms with Gasteiger partial charge in [-0.2, -0.15) is 0 Å². The number of hydrogen-bond donors (Lipinski definition) is 1. The number of esters is 1. The van der Waals surface area contributed by atoms with Gasteiger partial charge >= 0.3 is 5.97 Å². The van der Waals surface area contributed by atoms with E-state index in [0.717, 1.165) is 36.6 Å². The summed E-state index contributed by atoms with van der Waals surface area (Å²) in [6.45, 7) is 11.8. The van der Waals surface area contributed by atoms with Crippen molar-refractivity contribution in [1.29, 1.82) is 0 Å². The van der Waals surface area contributed by atoms with Crippen LogP contribution in [0.2, 0.25) is 0 Å². The third kappa shape index (κ3) is 4.97. The standard InChI is InChI=1S/C22H29N3O3S/c1-5-28-22(27)20-16(3)17(4)29-21(20)23-19(26)14-24-10-12-25(13-11-24)18-9-7-6-8-15(18)2/h6-9H,5,10-14H2,1-4H3,(H,23,26). The molecule has 6 nitrogen and oxygen atoms in total. The van der Waals surface area contributed by atoms with E-state index < -0.39 is 0 Å². The summed E-state index contributed by atoms with van der Waals surface area (Å²) < 4.78 is 5.16. The molecule has 1 aliphatic rings. The van der Waals surface area contributed by atoms with E-state index in [1.165, 1.54) is 22.6 Å². The van der Waals surface area contributed by atoms with Crippen molar-refractivity contribution >= 4 is 33.9 Å². The van der Waals surface area contributed by atoms with E-state index in [9.17, 15) is 9.59 Å². The molecule has 1 amide bonds. The second-order valence-electron chi connectivity index (χ2n) is 7.31. The SMILES string of the molecule is CCOC(=O)c1c(NC(=O)CN2CCN(c3ccccc3C)CC2)sc(C)c1C. The summed E-state index contributed by atoms with van der Waals surface area (Å²) in [5.41, 5.74) is 3.89. The molecule has 0 atom stereocenters. The average molecular weight is 416 g/mol. The summed E-state index contributed by atoms with van der Waals surface area (Å²) in [6, 6.07) is 8.39. The zero-order valence-electron chi connectivity index (χ0n) is 17.6. The number of benzene rings is 1. The van der Waals surface area contributed by atoms with Gasteiger partial charge in [0, 0.05) is 36.7 Å². The van der Waals surface area contributed by atoms with E-state index in [4.69, 9.17) is 4.74 Å². The van der Waals surface area contributed by atoms with Crippen molar-refractivity contribution in [2.75, 3.05) is 49.5 Å². The second-order valence-corrected chi connectivity index (χ2v) is 8.53. The minimum Gasteiger partial charge on any atom is -0.462 e. The molecule has 29 heavy (non-hydrogen) atoms. The highest BCUT2D eigenvalue weighted by Crippen LogP contribution is 2.33. The van der Waals surface area contributed by atoms with Gasteiger partial charge in [-0.25, -0.2) is 4.79 Å². The third-order valence-corrected chi connectivity index (χ3v) is 6.44. The van der Waals surface area contributed by atoms with Crippen LogP contribution < -0.4 is 10.2 Å². The number of anilines is 2. The fourth-order valence-corrected chi connectivity index (χ4v) is 4.66. The Morgan fingerprint density at radius 1 is 1.10 bits per heavy atom. The number of thiophene rings is 1. The van der Waals surface area contributed by atoms with Crippen LogP contribution in [0.15, 0.2) is 24.3 Å². The van der Waals surface area contributed by atoms with Crippen molar-refractivity contribution < 1.29 is 14.3 Å². The quantitative estimate of drug-likeness (QED) is 0.731. The van der Waals surface area contributed by atoms with E-state index in [-0.39, 0.29) is 11.9 Å². The van der Waals surface area contributed by atoms with E-state index in [0.29, 0.717) is 23.7 Å². The van der Waals surface area contributed by atoms with Gasteiger partial charge in [0.1, 0.15) is 5.00 Å². The molecule has 7 heteroatoms. The van der Waals surface area contributed by atoms with Crippen LogP contribution in [-0.4, -0.2) is 56.1 Å². The maximum Gasteiger partial charge on any atom is 0.341 e. The molecule has 156 valence electrons. The summed E-state index contributed by atoms with van der Waals surface area (Å²) >= 11 is 1.43. The fraction of sp³-hybridized carbons (Fsp3) is 0.455. The summed E-state index contributed by atoms with van der Waals surface area (Å²) in [5, 5.41) is 3.52. The van der Waals surface area contributed by atoms with Crippen LogP contribution in [0.4, 0.5) is 10.7 Å². The number of para-hydroxylation sites is 1. The first-order valence-electron chi connectivity index (χ1n) is 10.0. The van der Waals surface area contributed by atoms with Gasteiger partial charge in [-0.1, -0.05) is 18.2 Å². The summed E-state index contributed by atoms with van der Waals surface area (Å²) in [4.78, 5) is 30.4. The molecule has 1 fully saturated rings. The number of nitrogens with one attached hydrogen (secondary N) is 1. The molecule has 1 aliphatic heterocycles. The molecule has 0 radical (unpaired) electrons. The topological polar surface area (TPSA) is 61.9 Å². The van der Waals surface area contributed by atoms with Crippen molar-refractivity contribution in [3.8, 4) is 0 Å². The molecule has 1 N–H and O–H groups in total. The minimum absolute atomic E-state index is 0.0962. The van der Waals surface area contributed by atoms with Crippen LogP contribution in [-0.2, 0) is 9.53 Å². The molecule has 0 bridgehead atoms. The highest BCUT2D eigenvalue weighted by atomic mass is 32.1. The monoisotopic (exact) mass is 415 g/mol. The Morgan fingerprint density at radius 2 is 1.79 bits per heavy atom. The van der Waals surface area contributed by atoms with E-state index in [1.807, 2.05) is 13.8 Å². The molecule has 0 spiro atoms. The lowest BCUT2D eigenvalue weighted by Crippen LogP contribution is -2.48. The van der Waals surface area contributed by atoms with E-state index in [2.05, 4.69) is 46.3 Å². The van der Waals surface area contributed by atoms with Crippen molar-refractivity contribution in [1.82, 2.24) is 4.90 Å². The van der Waals surface area contributed by atoms with Gasteiger partial charge < -0.3 is 15.0 Å². The Balaban J connectivity index is 1.58. The Hall–Kier alpha value is -2.38. The second kappa shape index (κ2) is 9.41. The van der Waals surface area contributed by atoms with Crippen LogP contribution >= 0.6 is 11.3 Å². The maximum absolute atomic E-state index is 12.6. The number of piperazine rings is 1. The van der Waals surface area contributed by atoms with Gasteiger partial charge in [0.15, 0.2) is 0 Å². The molecule has 2 heterocycles. The van der Waals surface area contributed by atoms with E-state index in [1.54, 1.807) is 6.92 Å². The summed E-state index contributed by atoms with van der Waals surface area (Å²) in [6.07, 6.45) is 0. The molecule has 1 saturated heterocycles. The molecule has 2 aromatic rings. The number of ether oxygens (including phenoxy) is 1. The highest BCUT2D eigenvalue weighted by molar-refractivity contribution is 7.16. The largest absolute Gasteiger partial charge is 0.462 e. The van der Waals surface area contributed by atoms with E-state index >= 15 is 0 Å². The molecule has 0 unspecified atom stereocenters. The van der Waals surface area contributed by atoms with Crippen LogP contribution in [0.3, 0.4) is 0 Å². The zero-order chi connectivity index (χ0) is 21.0. The Labute approximate surface area is 176 Å². The fourth-order valence-electron chi connectivity index (χ4n) is 3.60.